The molecule has 0 atom stereocenters. The largest absolute Gasteiger partial charge is 0.360 e. The number of carbonyl (C=O) groups is 1. The zero-order valence-electron chi connectivity index (χ0n) is 16.0. The first-order chi connectivity index (χ1) is 14.7. The molecule has 5 aromatic rings. The quantitative estimate of drug-likeness (QED) is 0.396. The molecule has 0 radical (unpaired) electrons. The number of rotatable bonds is 5. The van der Waals surface area contributed by atoms with Crippen molar-refractivity contribution in [3.8, 4) is 21.8 Å². The van der Waals surface area contributed by atoms with Gasteiger partial charge in [-0.1, -0.05) is 11.6 Å². The smallest absolute Gasteiger partial charge is 0.232 e. The van der Waals surface area contributed by atoms with Gasteiger partial charge in [-0.2, -0.15) is 0 Å². The number of aromatic amines is 1. The Hall–Kier alpha value is -3.36. The summed E-state index contributed by atoms with van der Waals surface area (Å²) in [6, 6.07) is 10.1. The molecular formula is C22H17N5OS2. The van der Waals surface area contributed by atoms with E-state index in [1.165, 1.54) is 28.2 Å². The Bertz CT molecular complexity index is 1340. The van der Waals surface area contributed by atoms with Crippen LogP contribution in [0.2, 0.25) is 0 Å². The second kappa shape index (κ2) is 7.81. The Labute approximate surface area is 180 Å². The molecule has 0 spiro atoms. The van der Waals surface area contributed by atoms with Crippen LogP contribution in [-0.4, -0.2) is 25.8 Å². The van der Waals surface area contributed by atoms with Gasteiger partial charge < -0.3 is 10.3 Å². The summed E-state index contributed by atoms with van der Waals surface area (Å²) in [4.78, 5) is 29.0. The second-order valence-corrected chi connectivity index (χ2v) is 8.61. The highest BCUT2D eigenvalue weighted by molar-refractivity contribution is 7.14. The number of pyridine rings is 1. The van der Waals surface area contributed by atoms with Crippen LogP contribution in [0, 0.1) is 6.92 Å². The molecule has 2 N–H and O–H groups in total. The maximum absolute atomic E-state index is 12.5. The van der Waals surface area contributed by atoms with Gasteiger partial charge in [0.05, 0.1) is 17.8 Å². The third kappa shape index (κ3) is 3.74. The summed E-state index contributed by atoms with van der Waals surface area (Å²) in [5.74, 6) is -0.128. The van der Waals surface area contributed by atoms with Gasteiger partial charge in [0.2, 0.25) is 5.91 Å². The molecule has 0 aliphatic carbocycles. The van der Waals surface area contributed by atoms with Gasteiger partial charge in [0.15, 0.2) is 5.13 Å². The normalized spacial score (nSPS) is 11.1. The number of nitrogens with one attached hydrogen (secondary N) is 2. The van der Waals surface area contributed by atoms with Crippen molar-refractivity contribution in [2.45, 2.75) is 13.3 Å². The molecule has 8 heteroatoms. The van der Waals surface area contributed by atoms with Crippen LogP contribution in [0.3, 0.4) is 0 Å². The number of nitrogens with zero attached hydrogens (tertiary/aromatic N) is 3. The topological polar surface area (TPSA) is 83.6 Å². The van der Waals surface area contributed by atoms with Crippen LogP contribution in [0.15, 0.2) is 59.7 Å². The first kappa shape index (κ1) is 18.7. The van der Waals surface area contributed by atoms with E-state index < -0.39 is 0 Å². The summed E-state index contributed by atoms with van der Waals surface area (Å²) in [6.45, 7) is 2.07. The highest BCUT2D eigenvalue weighted by atomic mass is 32.1. The number of hydrogen-bond acceptors (Lipinski definition) is 6. The van der Waals surface area contributed by atoms with Crippen molar-refractivity contribution in [2.24, 2.45) is 0 Å². The average molecular weight is 432 g/mol. The number of thiazole rings is 2. The van der Waals surface area contributed by atoms with Crippen LogP contribution < -0.4 is 5.32 Å². The fraction of sp³-hybridized carbons (Fsp3) is 0.0909. The molecule has 0 saturated carbocycles. The number of amides is 1. The fourth-order valence-corrected chi connectivity index (χ4v) is 4.80. The predicted molar refractivity (Wildman–Crippen MR) is 122 cm³/mol. The number of anilines is 1. The van der Waals surface area contributed by atoms with Crippen molar-refractivity contribution >= 4 is 44.6 Å². The molecule has 4 heterocycles. The number of aromatic nitrogens is 4. The number of aryl methyl sites for hydroxylation is 1. The lowest BCUT2D eigenvalue weighted by molar-refractivity contribution is -0.115. The maximum atomic E-state index is 12.5. The Morgan fingerprint density at radius 3 is 2.83 bits per heavy atom. The van der Waals surface area contributed by atoms with Crippen molar-refractivity contribution in [3.05, 3.63) is 70.9 Å². The molecular weight excluding hydrogens is 414 g/mol. The van der Waals surface area contributed by atoms with Crippen molar-refractivity contribution in [3.63, 3.8) is 0 Å². The monoisotopic (exact) mass is 431 g/mol. The molecule has 0 unspecified atom stereocenters. The van der Waals surface area contributed by atoms with Gasteiger partial charge in [-0.05, 0) is 31.2 Å². The zero-order valence-corrected chi connectivity index (χ0v) is 17.7. The van der Waals surface area contributed by atoms with E-state index >= 15 is 0 Å². The van der Waals surface area contributed by atoms with Crippen LogP contribution in [0.4, 0.5) is 5.13 Å². The minimum atomic E-state index is -0.128. The zero-order chi connectivity index (χ0) is 20.5. The number of H-pyrrole nitrogens is 1. The Morgan fingerprint density at radius 2 is 1.97 bits per heavy atom. The lowest BCUT2D eigenvalue weighted by atomic mass is 10.1. The van der Waals surface area contributed by atoms with E-state index in [0.717, 1.165) is 38.4 Å². The van der Waals surface area contributed by atoms with Gasteiger partial charge in [0, 0.05) is 51.4 Å². The molecule has 4 aromatic heterocycles. The number of carbonyl (C=O) groups excluding carboxylic acids is 1. The van der Waals surface area contributed by atoms with E-state index in [-0.39, 0.29) is 12.3 Å². The highest BCUT2D eigenvalue weighted by Gasteiger charge is 2.13. The van der Waals surface area contributed by atoms with E-state index in [0.29, 0.717) is 5.13 Å². The van der Waals surface area contributed by atoms with Crippen molar-refractivity contribution in [2.75, 3.05) is 5.32 Å². The third-order valence-corrected chi connectivity index (χ3v) is 6.38. The SMILES string of the molecule is Cc1ccc2[nH]cc(-c3csc(NC(=O)Cc4csc(-c5ccncc5)n4)n3)c2c1. The maximum Gasteiger partial charge on any atom is 0.232 e. The van der Waals surface area contributed by atoms with Gasteiger partial charge in [0.25, 0.3) is 0 Å². The molecule has 5 rings (SSSR count). The molecule has 0 aliphatic heterocycles. The Kier molecular flexibility index (Phi) is 4.86. The van der Waals surface area contributed by atoms with E-state index in [9.17, 15) is 4.79 Å². The molecule has 148 valence electrons. The number of benzene rings is 1. The summed E-state index contributed by atoms with van der Waals surface area (Å²) in [6.07, 6.45) is 5.64. The van der Waals surface area contributed by atoms with Crippen molar-refractivity contribution in [1.29, 1.82) is 0 Å². The molecule has 0 saturated heterocycles. The van der Waals surface area contributed by atoms with Gasteiger partial charge in [-0.3, -0.25) is 9.78 Å². The van der Waals surface area contributed by atoms with Crippen LogP contribution in [0.25, 0.3) is 32.7 Å². The lowest BCUT2D eigenvalue weighted by Gasteiger charge is -2.00. The van der Waals surface area contributed by atoms with Gasteiger partial charge in [-0.25, -0.2) is 9.97 Å². The van der Waals surface area contributed by atoms with E-state index in [1.807, 2.05) is 29.1 Å². The van der Waals surface area contributed by atoms with E-state index in [2.05, 4.69) is 50.4 Å². The molecule has 0 fully saturated rings. The van der Waals surface area contributed by atoms with Gasteiger partial charge in [0.1, 0.15) is 5.01 Å². The summed E-state index contributed by atoms with van der Waals surface area (Å²) >= 11 is 2.94. The highest BCUT2D eigenvalue weighted by Crippen LogP contribution is 2.31. The first-order valence-corrected chi connectivity index (χ1v) is 11.1. The van der Waals surface area contributed by atoms with Crippen LogP contribution in [-0.2, 0) is 11.2 Å². The second-order valence-electron chi connectivity index (χ2n) is 6.89. The van der Waals surface area contributed by atoms with Crippen LogP contribution in [0.1, 0.15) is 11.3 Å². The lowest BCUT2D eigenvalue weighted by Crippen LogP contribution is -2.14. The summed E-state index contributed by atoms with van der Waals surface area (Å²) in [5, 5.41) is 9.37. The van der Waals surface area contributed by atoms with Gasteiger partial charge >= 0.3 is 0 Å². The minimum absolute atomic E-state index is 0.128. The molecule has 0 aliphatic rings. The van der Waals surface area contributed by atoms with Crippen LogP contribution in [0.5, 0.6) is 0 Å². The molecule has 0 bridgehead atoms. The fourth-order valence-electron chi connectivity index (χ4n) is 3.24. The van der Waals surface area contributed by atoms with E-state index in [1.54, 1.807) is 12.4 Å². The summed E-state index contributed by atoms with van der Waals surface area (Å²) < 4.78 is 0. The molecule has 1 aromatic carbocycles. The van der Waals surface area contributed by atoms with E-state index in [4.69, 9.17) is 0 Å². The Morgan fingerprint density at radius 1 is 1.10 bits per heavy atom. The Balaban J connectivity index is 1.29. The summed E-state index contributed by atoms with van der Waals surface area (Å²) in [7, 11) is 0. The minimum Gasteiger partial charge on any atom is -0.360 e. The predicted octanol–water partition coefficient (Wildman–Crippen LogP) is 5.30. The summed E-state index contributed by atoms with van der Waals surface area (Å²) in [5.41, 5.74) is 5.89. The van der Waals surface area contributed by atoms with Crippen molar-refractivity contribution < 1.29 is 4.79 Å². The molecule has 6 nitrogen and oxygen atoms in total. The number of fused-ring (bicyclic) bond motifs is 1. The third-order valence-electron chi connectivity index (χ3n) is 4.68. The van der Waals surface area contributed by atoms with Crippen LogP contribution >= 0.6 is 22.7 Å². The molecule has 1 amide bonds. The number of hydrogen-bond donors (Lipinski definition) is 2. The average Bonchev–Trinajstić information content (AvgIpc) is 3.48. The van der Waals surface area contributed by atoms with Gasteiger partial charge in [-0.15, -0.1) is 22.7 Å². The first-order valence-electron chi connectivity index (χ1n) is 9.34. The van der Waals surface area contributed by atoms with Crippen molar-refractivity contribution in [1.82, 2.24) is 19.9 Å². The molecule has 30 heavy (non-hydrogen) atoms. The standard InChI is InChI=1S/C22H17N5OS2/c1-13-2-3-18-16(8-13)17(10-24-18)19-12-30-22(26-19)27-20(28)9-15-11-29-21(25-15)14-4-6-23-7-5-14/h2-8,10-12,24H,9H2,1H3,(H,26,27,28).